The van der Waals surface area contributed by atoms with Gasteiger partial charge in [-0.15, -0.1) is 0 Å². The Morgan fingerprint density at radius 2 is 1.00 bits per heavy atom. The molecule has 4 nitrogen and oxygen atoms in total. The Balaban J connectivity index is 1.32. The summed E-state index contributed by atoms with van der Waals surface area (Å²) in [6, 6.07) is 20.1. The van der Waals surface area contributed by atoms with Crippen LogP contribution in [0.15, 0.2) is 69.5 Å². The van der Waals surface area contributed by atoms with Crippen molar-refractivity contribution in [1.82, 2.24) is 9.97 Å². The minimum absolute atomic E-state index is 0.606. The molecule has 146 valence electrons. The van der Waals surface area contributed by atoms with Gasteiger partial charge in [0.2, 0.25) is 11.8 Å². The zero-order valence-corrected chi connectivity index (χ0v) is 16.8. The maximum atomic E-state index is 5.79. The smallest absolute Gasteiger partial charge is 0.220 e. The standard InChI is InChI=1S/C26H20N2O2/c1-17-5-3-7-21-25(17)27-23(29-21)15-13-19-9-11-20(12-10-19)14-16-24-28-26-18(2)6-4-8-22(26)30-24/h3-16H,1-2H3/b15-13+,16-14+. The molecule has 0 aliphatic carbocycles. The molecule has 0 spiro atoms. The number of nitrogens with zero attached hydrogens (tertiary/aromatic N) is 2. The lowest BCUT2D eigenvalue weighted by molar-refractivity contribution is 0.589. The molecule has 0 radical (unpaired) electrons. The molecular formula is C26H20N2O2. The number of hydrogen-bond donors (Lipinski definition) is 0. The van der Waals surface area contributed by atoms with Crippen molar-refractivity contribution in [3.8, 4) is 0 Å². The summed E-state index contributed by atoms with van der Waals surface area (Å²) < 4.78 is 11.6. The number of fused-ring (bicyclic) bond motifs is 2. The third-order valence-electron chi connectivity index (χ3n) is 5.05. The first-order valence-electron chi connectivity index (χ1n) is 9.84. The van der Waals surface area contributed by atoms with E-state index >= 15 is 0 Å². The Labute approximate surface area is 174 Å². The van der Waals surface area contributed by atoms with Crippen molar-refractivity contribution >= 4 is 46.5 Å². The van der Waals surface area contributed by atoms with Gasteiger partial charge in [0, 0.05) is 12.2 Å². The Kier molecular flexibility index (Phi) is 4.52. The van der Waals surface area contributed by atoms with Crippen LogP contribution >= 0.6 is 0 Å². The number of aryl methyl sites for hydroxylation is 2. The summed E-state index contributed by atoms with van der Waals surface area (Å²) in [5.41, 5.74) is 7.81. The molecule has 0 N–H and O–H groups in total. The molecule has 0 bridgehead atoms. The van der Waals surface area contributed by atoms with Gasteiger partial charge in [0.1, 0.15) is 11.0 Å². The molecule has 30 heavy (non-hydrogen) atoms. The summed E-state index contributed by atoms with van der Waals surface area (Å²) in [4.78, 5) is 9.10. The van der Waals surface area contributed by atoms with Gasteiger partial charge in [0.25, 0.3) is 0 Å². The van der Waals surface area contributed by atoms with Crippen LogP contribution < -0.4 is 0 Å². The lowest BCUT2D eigenvalue weighted by atomic mass is 10.1. The number of para-hydroxylation sites is 2. The van der Waals surface area contributed by atoms with Crippen LogP contribution in [0.5, 0.6) is 0 Å². The van der Waals surface area contributed by atoms with Crippen molar-refractivity contribution in [2.24, 2.45) is 0 Å². The van der Waals surface area contributed by atoms with Crippen LogP contribution in [0.25, 0.3) is 46.5 Å². The average molecular weight is 392 g/mol. The SMILES string of the molecule is Cc1cccc2oc(/C=C/c3ccc(/C=C/c4nc5c(C)cccc5o4)cc3)nc12. The number of rotatable bonds is 4. The lowest BCUT2D eigenvalue weighted by Gasteiger charge is -1.95. The molecule has 5 rings (SSSR count). The van der Waals surface area contributed by atoms with Crippen molar-refractivity contribution in [1.29, 1.82) is 0 Å². The van der Waals surface area contributed by atoms with E-state index in [2.05, 4.69) is 34.2 Å². The summed E-state index contributed by atoms with van der Waals surface area (Å²) in [5, 5.41) is 0. The van der Waals surface area contributed by atoms with E-state index < -0.39 is 0 Å². The van der Waals surface area contributed by atoms with Gasteiger partial charge >= 0.3 is 0 Å². The van der Waals surface area contributed by atoms with E-state index in [9.17, 15) is 0 Å². The molecule has 0 amide bonds. The van der Waals surface area contributed by atoms with Crippen LogP contribution in [0, 0.1) is 13.8 Å². The third-order valence-corrected chi connectivity index (χ3v) is 5.05. The van der Waals surface area contributed by atoms with Crippen molar-refractivity contribution in [2.75, 3.05) is 0 Å². The summed E-state index contributed by atoms with van der Waals surface area (Å²) in [6.07, 6.45) is 7.78. The molecule has 2 heterocycles. The fraction of sp³-hybridized carbons (Fsp3) is 0.0769. The molecular weight excluding hydrogens is 372 g/mol. The van der Waals surface area contributed by atoms with Crippen LogP contribution in [-0.2, 0) is 0 Å². The largest absolute Gasteiger partial charge is 0.437 e. The van der Waals surface area contributed by atoms with Crippen molar-refractivity contribution in [3.05, 3.63) is 94.7 Å². The van der Waals surface area contributed by atoms with Gasteiger partial charge in [-0.25, -0.2) is 9.97 Å². The molecule has 3 aromatic carbocycles. The maximum Gasteiger partial charge on any atom is 0.220 e. The van der Waals surface area contributed by atoms with Gasteiger partial charge in [-0.05, 0) is 60.4 Å². The molecule has 0 aliphatic heterocycles. The highest BCUT2D eigenvalue weighted by molar-refractivity contribution is 5.80. The molecule has 0 atom stereocenters. The molecule has 5 aromatic rings. The van der Waals surface area contributed by atoms with E-state index in [0.29, 0.717) is 11.8 Å². The van der Waals surface area contributed by atoms with Crippen LogP contribution in [0.2, 0.25) is 0 Å². The van der Waals surface area contributed by atoms with Crippen LogP contribution in [0.1, 0.15) is 34.0 Å². The summed E-state index contributed by atoms with van der Waals surface area (Å²) in [5.74, 6) is 1.21. The molecule has 4 heteroatoms. The number of benzene rings is 3. The Morgan fingerprint density at radius 3 is 1.40 bits per heavy atom. The van der Waals surface area contributed by atoms with Crippen LogP contribution in [-0.4, -0.2) is 9.97 Å². The Hall–Kier alpha value is -3.92. The maximum absolute atomic E-state index is 5.79. The van der Waals surface area contributed by atoms with Crippen LogP contribution in [0.3, 0.4) is 0 Å². The van der Waals surface area contributed by atoms with Gasteiger partial charge in [-0.1, -0.05) is 48.5 Å². The van der Waals surface area contributed by atoms with Gasteiger partial charge in [0.15, 0.2) is 11.2 Å². The zero-order valence-electron chi connectivity index (χ0n) is 16.8. The zero-order chi connectivity index (χ0) is 20.5. The molecule has 0 fully saturated rings. The van der Waals surface area contributed by atoms with Gasteiger partial charge in [-0.3, -0.25) is 0 Å². The average Bonchev–Trinajstić information content (AvgIpc) is 3.37. The number of oxazole rings is 2. The molecule has 0 aliphatic rings. The predicted molar refractivity (Wildman–Crippen MR) is 122 cm³/mol. The van der Waals surface area contributed by atoms with Crippen LogP contribution in [0.4, 0.5) is 0 Å². The third kappa shape index (κ3) is 3.55. The highest BCUT2D eigenvalue weighted by Crippen LogP contribution is 2.22. The quantitative estimate of drug-likeness (QED) is 0.333. The highest BCUT2D eigenvalue weighted by atomic mass is 16.4. The minimum atomic E-state index is 0.606. The second-order valence-corrected chi connectivity index (χ2v) is 7.28. The molecule has 0 saturated carbocycles. The number of hydrogen-bond acceptors (Lipinski definition) is 4. The fourth-order valence-corrected chi connectivity index (χ4v) is 3.40. The van der Waals surface area contributed by atoms with Crippen molar-refractivity contribution in [3.63, 3.8) is 0 Å². The van der Waals surface area contributed by atoms with E-state index in [4.69, 9.17) is 8.83 Å². The first-order chi connectivity index (χ1) is 14.7. The summed E-state index contributed by atoms with van der Waals surface area (Å²) >= 11 is 0. The van der Waals surface area contributed by atoms with E-state index in [1.165, 1.54) is 0 Å². The summed E-state index contributed by atoms with van der Waals surface area (Å²) in [6.45, 7) is 4.07. The Bertz CT molecular complexity index is 1290. The first kappa shape index (κ1) is 18.1. The van der Waals surface area contributed by atoms with E-state index in [1.54, 1.807) is 0 Å². The topological polar surface area (TPSA) is 52.1 Å². The molecule has 0 unspecified atom stereocenters. The lowest BCUT2D eigenvalue weighted by Crippen LogP contribution is -1.77. The summed E-state index contributed by atoms with van der Waals surface area (Å²) in [7, 11) is 0. The van der Waals surface area contributed by atoms with E-state index in [0.717, 1.165) is 44.5 Å². The molecule has 0 saturated heterocycles. The number of aromatic nitrogens is 2. The van der Waals surface area contributed by atoms with E-state index in [1.807, 2.05) is 74.5 Å². The van der Waals surface area contributed by atoms with Crippen molar-refractivity contribution < 1.29 is 8.83 Å². The normalized spacial score (nSPS) is 12.1. The second kappa shape index (κ2) is 7.48. The second-order valence-electron chi connectivity index (χ2n) is 7.28. The monoisotopic (exact) mass is 392 g/mol. The first-order valence-corrected chi connectivity index (χ1v) is 9.84. The van der Waals surface area contributed by atoms with Gasteiger partial charge < -0.3 is 8.83 Å². The molecule has 2 aromatic heterocycles. The van der Waals surface area contributed by atoms with Crippen molar-refractivity contribution in [2.45, 2.75) is 13.8 Å². The predicted octanol–water partition coefficient (Wildman–Crippen LogP) is 6.93. The Morgan fingerprint density at radius 1 is 0.567 bits per heavy atom. The highest BCUT2D eigenvalue weighted by Gasteiger charge is 2.06. The van der Waals surface area contributed by atoms with Gasteiger partial charge in [-0.2, -0.15) is 0 Å². The fourth-order valence-electron chi connectivity index (χ4n) is 3.40. The minimum Gasteiger partial charge on any atom is -0.437 e. The van der Waals surface area contributed by atoms with E-state index in [-0.39, 0.29) is 0 Å². The van der Waals surface area contributed by atoms with Gasteiger partial charge in [0.05, 0.1) is 0 Å².